The topological polar surface area (TPSA) is 64.3 Å². The van der Waals surface area contributed by atoms with Gasteiger partial charge in [-0.3, -0.25) is 4.79 Å². The first-order valence-corrected chi connectivity index (χ1v) is 8.22. The Hall–Kier alpha value is -3.08. The monoisotopic (exact) mass is 334 g/mol. The minimum absolute atomic E-state index is 0.238. The van der Waals surface area contributed by atoms with Crippen LogP contribution in [0, 0.1) is 5.92 Å². The van der Waals surface area contributed by atoms with Crippen LogP contribution in [0.25, 0.3) is 11.1 Å². The number of carboxylic acid groups (broad SMARTS) is 1. The van der Waals surface area contributed by atoms with E-state index in [-0.39, 0.29) is 6.61 Å². The maximum absolute atomic E-state index is 11.2. The zero-order valence-electron chi connectivity index (χ0n) is 13.6. The zero-order valence-corrected chi connectivity index (χ0v) is 13.6. The van der Waals surface area contributed by atoms with Crippen LogP contribution in [0.5, 0.6) is 5.75 Å². The molecule has 2 heterocycles. The van der Waals surface area contributed by atoms with E-state index in [0.29, 0.717) is 6.42 Å². The molecule has 25 heavy (non-hydrogen) atoms. The van der Waals surface area contributed by atoms with Gasteiger partial charge in [-0.1, -0.05) is 24.3 Å². The predicted octanol–water partition coefficient (Wildman–Crippen LogP) is 3.23. The Balaban J connectivity index is 1.62. The van der Waals surface area contributed by atoms with E-state index in [1.807, 2.05) is 35.0 Å². The van der Waals surface area contributed by atoms with Crippen LogP contribution in [0.3, 0.4) is 0 Å². The molecule has 4 rings (SSSR count). The lowest BCUT2D eigenvalue weighted by Crippen LogP contribution is -2.27. The molecule has 1 unspecified atom stereocenters. The summed E-state index contributed by atoms with van der Waals surface area (Å²) in [5.74, 6) is -0.496. The lowest BCUT2D eigenvalue weighted by atomic mass is 9.93. The number of nitrogens with zero attached hydrogens (tertiary/aromatic N) is 2. The van der Waals surface area contributed by atoms with Gasteiger partial charge in [-0.05, 0) is 46.9 Å². The van der Waals surface area contributed by atoms with Crippen molar-refractivity contribution in [3.63, 3.8) is 0 Å². The summed E-state index contributed by atoms with van der Waals surface area (Å²) in [5, 5.41) is 9.22. The van der Waals surface area contributed by atoms with Crippen molar-refractivity contribution in [2.75, 3.05) is 6.61 Å². The number of rotatable bonds is 4. The molecule has 0 spiro atoms. The highest BCUT2D eigenvalue weighted by molar-refractivity contribution is 5.72. The third-order valence-corrected chi connectivity index (χ3v) is 4.50. The largest absolute Gasteiger partial charge is 0.492 e. The Labute approximate surface area is 145 Å². The van der Waals surface area contributed by atoms with Gasteiger partial charge in [0.05, 0.1) is 12.2 Å². The summed E-state index contributed by atoms with van der Waals surface area (Å²) >= 11 is 0. The van der Waals surface area contributed by atoms with E-state index in [1.54, 1.807) is 12.5 Å². The molecular weight excluding hydrogens is 316 g/mol. The Kier molecular flexibility index (Phi) is 3.98. The molecular formula is C20H18N2O3. The van der Waals surface area contributed by atoms with Crippen molar-refractivity contribution >= 4 is 5.97 Å². The molecule has 5 heteroatoms. The van der Waals surface area contributed by atoms with Gasteiger partial charge in [0.2, 0.25) is 0 Å². The fourth-order valence-corrected chi connectivity index (χ4v) is 3.17. The zero-order chi connectivity index (χ0) is 17.2. The Morgan fingerprint density at radius 3 is 2.92 bits per heavy atom. The van der Waals surface area contributed by atoms with Crippen LogP contribution >= 0.6 is 0 Å². The number of carboxylic acids is 1. The van der Waals surface area contributed by atoms with E-state index in [2.05, 4.69) is 23.2 Å². The molecule has 1 aromatic heterocycles. The van der Waals surface area contributed by atoms with E-state index in [1.165, 1.54) is 5.56 Å². The van der Waals surface area contributed by atoms with Gasteiger partial charge in [0.1, 0.15) is 12.4 Å². The third-order valence-electron chi connectivity index (χ3n) is 4.50. The van der Waals surface area contributed by atoms with Crippen molar-refractivity contribution < 1.29 is 14.6 Å². The molecule has 0 saturated heterocycles. The van der Waals surface area contributed by atoms with Gasteiger partial charge in [0.15, 0.2) is 0 Å². The minimum Gasteiger partial charge on any atom is -0.492 e. The molecule has 1 atom stereocenters. The molecule has 3 aromatic rings. The first-order valence-electron chi connectivity index (χ1n) is 8.22. The average molecular weight is 334 g/mol. The number of carbonyl (C=O) groups is 1. The van der Waals surface area contributed by atoms with E-state index in [4.69, 9.17) is 4.74 Å². The standard InChI is InChI=1S/C20H18N2O3/c23-20(24)18-10-17-9-16(4-5-19(17)25-12-18)15-3-1-2-14(8-15)11-22-7-6-21-13-22/h1-9,13,18H,10-12H2,(H,23,24). The van der Waals surface area contributed by atoms with Crippen molar-refractivity contribution in [1.29, 1.82) is 0 Å². The van der Waals surface area contributed by atoms with Gasteiger partial charge in [-0.2, -0.15) is 0 Å². The second-order valence-corrected chi connectivity index (χ2v) is 6.31. The average Bonchev–Trinajstić information content (AvgIpc) is 3.14. The number of aromatic nitrogens is 2. The Morgan fingerprint density at radius 2 is 2.12 bits per heavy atom. The fourth-order valence-electron chi connectivity index (χ4n) is 3.17. The van der Waals surface area contributed by atoms with Crippen molar-refractivity contribution in [2.24, 2.45) is 5.92 Å². The smallest absolute Gasteiger partial charge is 0.310 e. The molecule has 5 nitrogen and oxygen atoms in total. The highest BCUT2D eigenvalue weighted by Crippen LogP contribution is 2.32. The van der Waals surface area contributed by atoms with E-state index in [9.17, 15) is 9.90 Å². The summed E-state index contributed by atoms with van der Waals surface area (Å²) in [6.45, 7) is 1.01. The molecule has 1 aliphatic heterocycles. The number of fused-ring (bicyclic) bond motifs is 1. The van der Waals surface area contributed by atoms with Gasteiger partial charge >= 0.3 is 5.97 Å². The summed E-state index contributed by atoms with van der Waals surface area (Å²) < 4.78 is 7.62. The number of imidazole rings is 1. The normalized spacial score (nSPS) is 16.1. The SMILES string of the molecule is O=C(O)C1COc2ccc(-c3cccc(Cn4ccnc4)c3)cc2C1. The quantitative estimate of drug-likeness (QED) is 0.795. The van der Waals surface area contributed by atoms with E-state index >= 15 is 0 Å². The minimum atomic E-state index is -0.807. The first kappa shape index (κ1) is 15.4. The van der Waals surface area contributed by atoms with Crippen LogP contribution < -0.4 is 4.74 Å². The number of hydrogen-bond acceptors (Lipinski definition) is 3. The summed E-state index contributed by atoms with van der Waals surface area (Å²) in [4.78, 5) is 15.3. The lowest BCUT2D eigenvalue weighted by Gasteiger charge is -2.23. The molecule has 0 fully saturated rings. The Morgan fingerprint density at radius 1 is 1.24 bits per heavy atom. The fraction of sp³-hybridized carbons (Fsp3) is 0.200. The Bertz CT molecular complexity index is 903. The third kappa shape index (κ3) is 3.26. The molecule has 0 saturated carbocycles. The summed E-state index contributed by atoms with van der Waals surface area (Å²) in [7, 11) is 0. The lowest BCUT2D eigenvalue weighted by molar-refractivity contribution is -0.143. The highest BCUT2D eigenvalue weighted by atomic mass is 16.5. The number of hydrogen-bond donors (Lipinski definition) is 1. The molecule has 0 amide bonds. The summed E-state index contributed by atoms with van der Waals surface area (Å²) in [5.41, 5.74) is 4.32. The van der Waals surface area contributed by atoms with Gasteiger partial charge < -0.3 is 14.4 Å². The van der Waals surface area contributed by atoms with Crippen molar-refractivity contribution in [2.45, 2.75) is 13.0 Å². The first-order chi connectivity index (χ1) is 12.2. The molecule has 2 aromatic carbocycles. The summed E-state index contributed by atoms with van der Waals surface area (Å²) in [6, 6.07) is 14.4. The second kappa shape index (κ2) is 6.43. The van der Waals surface area contributed by atoms with Crippen LogP contribution in [-0.4, -0.2) is 27.2 Å². The summed E-state index contributed by atoms with van der Waals surface area (Å²) in [6.07, 6.45) is 6.02. The molecule has 126 valence electrons. The van der Waals surface area contributed by atoms with Crippen LogP contribution in [0.15, 0.2) is 61.2 Å². The van der Waals surface area contributed by atoms with Gasteiger partial charge in [-0.15, -0.1) is 0 Å². The molecule has 1 N–H and O–H groups in total. The van der Waals surface area contributed by atoms with Gasteiger partial charge in [0, 0.05) is 18.9 Å². The molecule has 0 bridgehead atoms. The maximum atomic E-state index is 11.2. The van der Waals surface area contributed by atoms with Crippen LogP contribution in [0.2, 0.25) is 0 Å². The van der Waals surface area contributed by atoms with Gasteiger partial charge in [0.25, 0.3) is 0 Å². The van der Waals surface area contributed by atoms with Crippen LogP contribution in [0.1, 0.15) is 11.1 Å². The number of ether oxygens (including phenoxy) is 1. The van der Waals surface area contributed by atoms with Crippen molar-refractivity contribution in [1.82, 2.24) is 9.55 Å². The number of benzene rings is 2. The molecule has 1 aliphatic rings. The maximum Gasteiger partial charge on any atom is 0.310 e. The second-order valence-electron chi connectivity index (χ2n) is 6.31. The van der Waals surface area contributed by atoms with Gasteiger partial charge in [-0.25, -0.2) is 4.98 Å². The molecule has 0 radical (unpaired) electrons. The molecule has 0 aliphatic carbocycles. The highest BCUT2D eigenvalue weighted by Gasteiger charge is 2.25. The van der Waals surface area contributed by atoms with Crippen LogP contribution in [-0.2, 0) is 17.8 Å². The van der Waals surface area contributed by atoms with Crippen molar-refractivity contribution in [3.8, 4) is 16.9 Å². The van der Waals surface area contributed by atoms with E-state index < -0.39 is 11.9 Å². The predicted molar refractivity (Wildman–Crippen MR) is 93.5 cm³/mol. The van der Waals surface area contributed by atoms with Crippen LogP contribution in [0.4, 0.5) is 0 Å². The van der Waals surface area contributed by atoms with E-state index in [0.717, 1.165) is 29.0 Å². The van der Waals surface area contributed by atoms with Crippen molar-refractivity contribution in [3.05, 3.63) is 72.3 Å². The number of aliphatic carboxylic acids is 1.